The maximum absolute atomic E-state index is 13.1. The standard InChI is InChI=1S/C21H17F3N6O/c22-21(23,24)17-11-13(6-9-25-17)15-4-5-16-19(27-15)30(14-7-10-29(16)12-14)20(31)28-18-3-1-2-8-26-18/h1-6,8-9,11,14H,7,10,12H2,(H,26,28,31)/t14-/m0/s1. The maximum atomic E-state index is 13.1. The van der Waals surface area contributed by atoms with Gasteiger partial charge in [-0.2, -0.15) is 13.2 Å². The zero-order valence-electron chi connectivity index (χ0n) is 16.2. The molecule has 2 amide bonds. The van der Waals surface area contributed by atoms with Gasteiger partial charge in [-0.25, -0.2) is 14.8 Å². The molecule has 2 aliphatic rings. The summed E-state index contributed by atoms with van der Waals surface area (Å²) < 4.78 is 39.3. The van der Waals surface area contributed by atoms with E-state index in [0.29, 0.717) is 23.9 Å². The first-order chi connectivity index (χ1) is 14.9. The van der Waals surface area contributed by atoms with Crippen molar-refractivity contribution in [2.24, 2.45) is 0 Å². The number of anilines is 3. The Labute approximate surface area is 175 Å². The summed E-state index contributed by atoms with van der Waals surface area (Å²) in [4.78, 5) is 29.0. The van der Waals surface area contributed by atoms with Crippen LogP contribution in [0.3, 0.4) is 0 Å². The number of hydrogen-bond donors (Lipinski definition) is 1. The fourth-order valence-corrected chi connectivity index (χ4v) is 3.98. The van der Waals surface area contributed by atoms with Gasteiger partial charge < -0.3 is 4.90 Å². The first kappa shape index (κ1) is 19.3. The molecule has 0 unspecified atom stereocenters. The number of amides is 2. The Morgan fingerprint density at radius 3 is 2.74 bits per heavy atom. The average Bonchev–Trinajstić information content (AvgIpc) is 3.18. The van der Waals surface area contributed by atoms with Gasteiger partial charge in [0.05, 0.1) is 17.4 Å². The largest absolute Gasteiger partial charge is 0.433 e. The first-order valence-electron chi connectivity index (χ1n) is 9.71. The second-order valence-electron chi connectivity index (χ2n) is 7.37. The number of aromatic nitrogens is 3. The van der Waals surface area contributed by atoms with Crippen molar-refractivity contribution in [1.29, 1.82) is 0 Å². The van der Waals surface area contributed by atoms with Crippen LogP contribution in [0.5, 0.6) is 0 Å². The van der Waals surface area contributed by atoms with Crippen LogP contribution in [0.15, 0.2) is 54.9 Å². The van der Waals surface area contributed by atoms with Crippen molar-refractivity contribution in [2.75, 3.05) is 28.2 Å². The molecule has 5 rings (SSSR count). The van der Waals surface area contributed by atoms with Crippen LogP contribution < -0.4 is 15.1 Å². The fourth-order valence-electron chi connectivity index (χ4n) is 3.98. The molecule has 2 bridgehead atoms. The first-order valence-corrected chi connectivity index (χ1v) is 9.71. The van der Waals surface area contributed by atoms with Crippen molar-refractivity contribution in [1.82, 2.24) is 15.0 Å². The summed E-state index contributed by atoms with van der Waals surface area (Å²) in [5.41, 5.74) is 0.407. The third-order valence-electron chi connectivity index (χ3n) is 5.42. The van der Waals surface area contributed by atoms with Crippen LogP contribution in [0.2, 0.25) is 0 Å². The number of nitrogens with one attached hydrogen (secondary N) is 1. The molecule has 1 fully saturated rings. The third kappa shape index (κ3) is 3.54. The molecule has 0 radical (unpaired) electrons. The van der Waals surface area contributed by atoms with Gasteiger partial charge in [-0.15, -0.1) is 0 Å². The predicted molar refractivity (Wildman–Crippen MR) is 109 cm³/mol. The van der Waals surface area contributed by atoms with Crippen molar-refractivity contribution >= 4 is 23.4 Å². The highest BCUT2D eigenvalue weighted by molar-refractivity contribution is 6.04. The molecule has 158 valence electrons. The molecule has 1 N–H and O–H groups in total. The lowest BCUT2D eigenvalue weighted by Gasteiger charge is -2.35. The van der Waals surface area contributed by atoms with Crippen LogP contribution in [0.25, 0.3) is 11.3 Å². The highest BCUT2D eigenvalue weighted by Crippen LogP contribution is 2.40. The van der Waals surface area contributed by atoms with Crippen LogP contribution in [-0.4, -0.2) is 40.1 Å². The summed E-state index contributed by atoms with van der Waals surface area (Å²) in [5, 5.41) is 2.78. The number of fused-ring (bicyclic) bond motifs is 4. The lowest BCUT2D eigenvalue weighted by molar-refractivity contribution is -0.141. The normalized spacial score (nSPS) is 17.5. The second kappa shape index (κ2) is 7.22. The summed E-state index contributed by atoms with van der Waals surface area (Å²) in [6, 6.07) is 10.6. The summed E-state index contributed by atoms with van der Waals surface area (Å²) in [6.07, 6.45) is -1.09. The molecule has 1 atom stereocenters. The van der Waals surface area contributed by atoms with E-state index < -0.39 is 11.9 Å². The third-order valence-corrected chi connectivity index (χ3v) is 5.42. The molecule has 3 aromatic heterocycles. The van der Waals surface area contributed by atoms with Crippen LogP contribution in [0.1, 0.15) is 12.1 Å². The van der Waals surface area contributed by atoms with E-state index in [0.717, 1.165) is 30.9 Å². The topological polar surface area (TPSA) is 74.2 Å². The number of nitrogens with zero attached hydrogens (tertiary/aromatic N) is 5. The number of carbonyl (C=O) groups is 1. The van der Waals surface area contributed by atoms with Gasteiger partial charge in [0.25, 0.3) is 0 Å². The highest BCUT2D eigenvalue weighted by atomic mass is 19.4. The minimum atomic E-state index is -4.55. The minimum Gasteiger partial charge on any atom is -0.366 e. The quantitative estimate of drug-likeness (QED) is 0.665. The summed E-state index contributed by atoms with van der Waals surface area (Å²) in [7, 11) is 0. The van der Waals surface area contributed by atoms with Gasteiger partial charge in [0.1, 0.15) is 11.5 Å². The Kier molecular flexibility index (Phi) is 4.49. The molecule has 5 heterocycles. The summed E-state index contributed by atoms with van der Waals surface area (Å²) in [6.45, 7) is 1.46. The molecule has 0 aromatic carbocycles. The van der Waals surface area contributed by atoms with Crippen molar-refractivity contribution < 1.29 is 18.0 Å². The molecular formula is C21H17F3N6O. The van der Waals surface area contributed by atoms with Crippen molar-refractivity contribution in [3.8, 4) is 11.3 Å². The van der Waals surface area contributed by atoms with Gasteiger partial charge in [-0.1, -0.05) is 6.07 Å². The number of alkyl halides is 3. The van der Waals surface area contributed by atoms with Crippen LogP contribution in [0.4, 0.5) is 35.3 Å². The average molecular weight is 426 g/mol. The molecule has 2 aliphatic heterocycles. The van der Waals surface area contributed by atoms with E-state index in [4.69, 9.17) is 0 Å². The summed E-state index contributed by atoms with van der Waals surface area (Å²) in [5.74, 6) is 0.833. The fraction of sp³-hybridized carbons (Fsp3) is 0.238. The number of rotatable bonds is 2. The SMILES string of the molecule is O=C(Nc1ccccn1)N1c2nc(-c3ccnc(C(F)(F)F)c3)ccc2N2CC[C@H]1C2. The van der Waals surface area contributed by atoms with E-state index in [-0.39, 0.29) is 17.6 Å². The number of halogens is 3. The zero-order chi connectivity index (χ0) is 21.6. The van der Waals surface area contributed by atoms with Gasteiger partial charge in [0, 0.05) is 31.0 Å². The molecule has 10 heteroatoms. The molecule has 1 saturated heterocycles. The van der Waals surface area contributed by atoms with Crippen molar-refractivity contribution in [3.63, 3.8) is 0 Å². The molecular weight excluding hydrogens is 409 g/mol. The molecule has 0 aliphatic carbocycles. The van der Waals surface area contributed by atoms with Gasteiger partial charge in [-0.05, 0) is 42.8 Å². The monoisotopic (exact) mass is 426 g/mol. The van der Waals surface area contributed by atoms with Crippen LogP contribution in [0, 0.1) is 0 Å². The summed E-state index contributed by atoms with van der Waals surface area (Å²) >= 11 is 0. The number of pyridine rings is 3. The van der Waals surface area contributed by atoms with Crippen LogP contribution in [-0.2, 0) is 6.18 Å². The second-order valence-corrected chi connectivity index (χ2v) is 7.37. The van der Waals surface area contributed by atoms with Crippen molar-refractivity contribution in [3.05, 3.63) is 60.6 Å². The number of urea groups is 1. The molecule has 7 nitrogen and oxygen atoms in total. The van der Waals surface area contributed by atoms with E-state index >= 15 is 0 Å². The Hall–Kier alpha value is -3.69. The van der Waals surface area contributed by atoms with E-state index in [9.17, 15) is 18.0 Å². The Balaban J connectivity index is 1.54. The lowest BCUT2D eigenvalue weighted by atomic mass is 10.1. The molecule has 31 heavy (non-hydrogen) atoms. The van der Waals surface area contributed by atoms with E-state index in [1.165, 1.54) is 6.07 Å². The van der Waals surface area contributed by atoms with E-state index in [1.54, 1.807) is 41.4 Å². The van der Waals surface area contributed by atoms with E-state index in [2.05, 4.69) is 25.2 Å². The Bertz CT molecular complexity index is 1140. The smallest absolute Gasteiger partial charge is 0.366 e. The zero-order valence-corrected chi connectivity index (χ0v) is 16.2. The van der Waals surface area contributed by atoms with E-state index in [1.807, 2.05) is 0 Å². The number of carbonyl (C=O) groups excluding carboxylic acids is 1. The van der Waals surface area contributed by atoms with Gasteiger partial charge in [0.15, 0.2) is 5.82 Å². The Morgan fingerprint density at radius 1 is 1.10 bits per heavy atom. The minimum absolute atomic E-state index is 0.0814. The van der Waals surface area contributed by atoms with Crippen molar-refractivity contribution in [2.45, 2.75) is 18.6 Å². The molecule has 0 saturated carbocycles. The van der Waals surface area contributed by atoms with Gasteiger partial charge in [0.2, 0.25) is 0 Å². The lowest BCUT2D eigenvalue weighted by Crippen LogP contribution is -2.48. The number of hydrogen-bond acceptors (Lipinski definition) is 5. The molecule has 3 aromatic rings. The molecule has 0 spiro atoms. The highest BCUT2D eigenvalue weighted by Gasteiger charge is 2.40. The van der Waals surface area contributed by atoms with Crippen LogP contribution >= 0.6 is 0 Å². The van der Waals surface area contributed by atoms with Gasteiger partial charge in [-0.3, -0.25) is 15.2 Å². The van der Waals surface area contributed by atoms with Gasteiger partial charge >= 0.3 is 12.2 Å². The maximum Gasteiger partial charge on any atom is 0.433 e. The predicted octanol–water partition coefficient (Wildman–Crippen LogP) is 4.19. The Morgan fingerprint density at radius 2 is 1.97 bits per heavy atom.